The zero-order chi connectivity index (χ0) is 21.6. The number of carboxylic acids is 1. The van der Waals surface area contributed by atoms with Crippen molar-refractivity contribution in [1.29, 1.82) is 0 Å². The third-order valence-corrected chi connectivity index (χ3v) is 7.49. The molecule has 0 aliphatic heterocycles. The first kappa shape index (κ1) is 20.3. The van der Waals surface area contributed by atoms with Gasteiger partial charge >= 0.3 is 5.97 Å². The van der Waals surface area contributed by atoms with Gasteiger partial charge in [-0.3, -0.25) is 9.59 Å². The molecule has 2 aromatic heterocycles. The molecule has 2 heterocycles. The summed E-state index contributed by atoms with van der Waals surface area (Å²) in [7, 11) is 0. The van der Waals surface area contributed by atoms with Gasteiger partial charge in [0.05, 0.1) is 6.42 Å². The van der Waals surface area contributed by atoms with Gasteiger partial charge in [0.25, 0.3) is 0 Å². The van der Waals surface area contributed by atoms with Gasteiger partial charge in [-0.2, -0.15) is 0 Å². The maximum atomic E-state index is 13.0. The highest BCUT2D eigenvalue weighted by atomic mass is 16.4. The number of hydrogen-bond donors (Lipinski definition) is 3. The Hall–Kier alpha value is -2.63. The number of carbonyl (C=O) groups is 2. The monoisotopic (exact) mass is 421 g/mol. The number of carboxylic acid groups (broad SMARTS) is 1. The van der Waals surface area contributed by atoms with Gasteiger partial charge in [-0.1, -0.05) is 19.1 Å². The molecule has 4 atom stereocenters. The molecule has 3 aliphatic rings. The molecule has 3 N–H and O–H groups in total. The first-order valence-electron chi connectivity index (χ1n) is 11.6. The number of amides is 1. The second kappa shape index (κ2) is 7.81. The number of fused-ring (bicyclic) bond motifs is 3. The van der Waals surface area contributed by atoms with E-state index in [0.29, 0.717) is 18.3 Å². The average molecular weight is 422 g/mol. The lowest BCUT2D eigenvalue weighted by Gasteiger charge is -2.45. The molecule has 0 spiro atoms. The van der Waals surface area contributed by atoms with Gasteiger partial charge in [0.2, 0.25) is 5.91 Å². The maximum absolute atomic E-state index is 13.0. The Bertz CT molecular complexity index is 1040. The van der Waals surface area contributed by atoms with E-state index in [1.54, 1.807) is 0 Å². The molecule has 5 rings (SSSR count). The first-order valence-corrected chi connectivity index (χ1v) is 11.6. The van der Waals surface area contributed by atoms with E-state index in [2.05, 4.69) is 40.4 Å². The summed E-state index contributed by atoms with van der Waals surface area (Å²) in [6, 6.07) is 2.18. The summed E-state index contributed by atoms with van der Waals surface area (Å²) < 4.78 is 0. The number of nitrogens with one attached hydrogen (secondary N) is 2. The summed E-state index contributed by atoms with van der Waals surface area (Å²) in [5.74, 6) is 0.394. The number of allylic oxidation sites excluding steroid dienone is 2. The molecule has 31 heavy (non-hydrogen) atoms. The van der Waals surface area contributed by atoms with Gasteiger partial charge < -0.3 is 15.4 Å². The highest BCUT2D eigenvalue weighted by Gasteiger charge is 2.43. The Morgan fingerprint density at radius 1 is 1.35 bits per heavy atom. The van der Waals surface area contributed by atoms with E-state index in [1.807, 2.05) is 12.4 Å². The number of aliphatic carboxylic acids is 1. The van der Waals surface area contributed by atoms with Crippen molar-refractivity contribution in [3.8, 4) is 0 Å². The van der Waals surface area contributed by atoms with Crippen LogP contribution in [-0.2, 0) is 9.59 Å². The zero-order valence-corrected chi connectivity index (χ0v) is 18.1. The smallest absolute Gasteiger partial charge is 0.303 e. The number of rotatable bonds is 7. The summed E-state index contributed by atoms with van der Waals surface area (Å²) in [4.78, 5) is 32.2. The molecule has 0 saturated heterocycles. The second-order valence-electron chi connectivity index (χ2n) is 10.1. The molecule has 164 valence electrons. The Labute approximate surface area is 182 Å². The van der Waals surface area contributed by atoms with Crippen LogP contribution in [0.1, 0.15) is 81.3 Å². The van der Waals surface area contributed by atoms with Crippen molar-refractivity contribution in [2.24, 2.45) is 11.3 Å². The van der Waals surface area contributed by atoms with Crippen LogP contribution >= 0.6 is 0 Å². The summed E-state index contributed by atoms with van der Waals surface area (Å²) in [5, 5.41) is 13.8. The number of aromatic amines is 1. The van der Waals surface area contributed by atoms with Gasteiger partial charge in [-0.25, -0.2) is 4.98 Å². The molecular weight excluding hydrogens is 390 g/mol. The minimum atomic E-state index is -0.742. The third kappa shape index (κ3) is 4.12. The Kier molecular flexibility index (Phi) is 5.11. The van der Waals surface area contributed by atoms with Crippen LogP contribution in [0.4, 0.5) is 0 Å². The normalized spacial score (nSPS) is 28.4. The minimum absolute atomic E-state index is 0.0504. The van der Waals surface area contributed by atoms with Crippen LogP contribution in [0.25, 0.3) is 11.0 Å². The van der Waals surface area contributed by atoms with Crippen LogP contribution in [0.15, 0.2) is 30.6 Å². The standard InChI is InChI=1S/C25H31N3O3/c1-15(20-14-27-24-23(20)19(6-8-26-24)17-4-5-17)9-21(29)28-18-10-16-3-2-7-25(11-16,12-18)13-22(30)31/h2-3,6,8,14-18H,4-5,7,9-13H2,1H3,(H,26,27)(H,28,29)(H,30,31). The number of pyridine rings is 1. The predicted molar refractivity (Wildman–Crippen MR) is 119 cm³/mol. The van der Waals surface area contributed by atoms with E-state index < -0.39 is 5.97 Å². The molecule has 4 unspecified atom stereocenters. The van der Waals surface area contributed by atoms with Gasteiger partial charge in [0.1, 0.15) is 5.65 Å². The lowest BCUT2D eigenvalue weighted by atomic mass is 9.61. The van der Waals surface area contributed by atoms with Gasteiger partial charge in [0.15, 0.2) is 0 Å². The number of hydrogen-bond acceptors (Lipinski definition) is 3. The Balaban J connectivity index is 1.27. The van der Waals surface area contributed by atoms with Crippen molar-refractivity contribution >= 4 is 22.9 Å². The van der Waals surface area contributed by atoms with Crippen LogP contribution < -0.4 is 5.32 Å². The summed E-state index contributed by atoms with van der Waals surface area (Å²) in [6.07, 6.45) is 14.7. The number of carbonyl (C=O) groups excluding carboxylic acids is 1. The largest absolute Gasteiger partial charge is 0.481 e. The molecule has 6 heteroatoms. The third-order valence-electron chi connectivity index (χ3n) is 7.49. The van der Waals surface area contributed by atoms with Gasteiger partial charge in [-0.15, -0.1) is 0 Å². The van der Waals surface area contributed by atoms with Crippen molar-refractivity contribution in [3.05, 3.63) is 41.7 Å². The fourth-order valence-corrected chi connectivity index (χ4v) is 6.07. The summed E-state index contributed by atoms with van der Waals surface area (Å²) >= 11 is 0. The first-order chi connectivity index (χ1) is 14.9. The Morgan fingerprint density at radius 3 is 2.97 bits per heavy atom. The minimum Gasteiger partial charge on any atom is -0.481 e. The van der Waals surface area contributed by atoms with Gasteiger partial charge in [-0.05, 0) is 78.9 Å². The quantitative estimate of drug-likeness (QED) is 0.568. The Morgan fingerprint density at radius 2 is 2.19 bits per heavy atom. The molecule has 1 amide bonds. The number of H-pyrrole nitrogens is 1. The van der Waals surface area contributed by atoms with Crippen molar-refractivity contribution in [3.63, 3.8) is 0 Å². The highest BCUT2D eigenvalue weighted by molar-refractivity contribution is 5.86. The lowest BCUT2D eigenvalue weighted by Crippen LogP contribution is -2.46. The number of nitrogens with zero attached hydrogens (tertiary/aromatic N) is 1. The molecule has 2 bridgehead atoms. The average Bonchev–Trinajstić information content (AvgIpc) is 3.44. The molecular formula is C25H31N3O3. The van der Waals surface area contributed by atoms with Crippen molar-refractivity contribution in [1.82, 2.24) is 15.3 Å². The zero-order valence-electron chi connectivity index (χ0n) is 18.1. The fourth-order valence-electron chi connectivity index (χ4n) is 6.07. The topological polar surface area (TPSA) is 95.1 Å². The fraction of sp³-hybridized carbons (Fsp3) is 0.560. The highest BCUT2D eigenvalue weighted by Crippen LogP contribution is 2.48. The van der Waals surface area contributed by atoms with Crippen LogP contribution in [-0.4, -0.2) is 33.0 Å². The molecule has 2 saturated carbocycles. The van der Waals surface area contributed by atoms with Crippen LogP contribution in [0, 0.1) is 11.3 Å². The van der Waals surface area contributed by atoms with Crippen LogP contribution in [0.5, 0.6) is 0 Å². The van der Waals surface area contributed by atoms with E-state index in [-0.39, 0.29) is 29.7 Å². The van der Waals surface area contributed by atoms with Crippen molar-refractivity contribution in [2.75, 3.05) is 0 Å². The van der Waals surface area contributed by atoms with Crippen molar-refractivity contribution < 1.29 is 14.7 Å². The number of aromatic nitrogens is 2. The van der Waals surface area contributed by atoms with E-state index in [0.717, 1.165) is 31.3 Å². The van der Waals surface area contributed by atoms with Crippen LogP contribution in [0.2, 0.25) is 0 Å². The van der Waals surface area contributed by atoms with E-state index in [4.69, 9.17) is 0 Å². The van der Waals surface area contributed by atoms with Crippen LogP contribution in [0.3, 0.4) is 0 Å². The molecule has 3 aliphatic carbocycles. The summed E-state index contributed by atoms with van der Waals surface area (Å²) in [5.41, 5.74) is 3.23. The van der Waals surface area contributed by atoms with Gasteiger partial charge in [0, 0.05) is 30.2 Å². The predicted octanol–water partition coefficient (Wildman–Crippen LogP) is 4.64. The second-order valence-corrected chi connectivity index (χ2v) is 10.1. The van der Waals surface area contributed by atoms with E-state index in [1.165, 1.54) is 29.4 Å². The molecule has 2 aromatic rings. The maximum Gasteiger partial charge on any atom is 0.303 e. The van der Waals surface area contributed by atoms with E-state index >= 15 is 0 Å². The molecule has 0 radical (unpaired) electrons. The summed E-state index contributed by atoms with van der Waals surface area (Å²) in [6.45, 7) is 2.11. The molecule has 0 aromatic carbocycles. The molecule has 2 fully saturated rings. The van der Waals surface area contributed by atoms with E-state index in [9.17, 15) is 14.7 Å². The SMILES string of the molecule is CC(CC(=O)NC1CC2C=CCC(CC(=O)O)(C2)C1)c1c[nH]c2nccc(C3CC3)c12. The lowest BCUT2D eigenvalue weighted by molar-refractivity contribution is -0.140. The molecule has 6 nitrogen and oxygen atoms in total. The van der Waals surface area contributed by atoms with Crippen molar-refractivity contribution in [2.45, 2.75) is 76.2 Å².